The van der Waals surface area contributed by atoms with E-state index in [1.54, 1.807) is 11.8 Å². The number of anilines is 1. The SMILES string of the molecule is Cc1c(N)c(C)c([B-](F)(F)F)c(C)c1CN1CCN(C(=O)OCC2c3ccccc3-c3ccccc32)CC1.[K+]. The Bertz CT molecular complexity index is 1350. The Kier molecular flexibility index (Phi) is 9.25. The summed E-state index contributed by atoms with van der Waals surface area (Å²) in [6.07, 6.45) is -0.361. The summed E-state index contributed by atoms with van der Waals surface area (Å²) in [5.74, 6) is -0.00462. The van der Waals surface area contributed by atoms with Crippen molar-refractivity contribution in [3.8, 4) is 11.1 Å². The average molecular weight is 561 g/mol. The molecule has 3 aromatic carbocycles. The molecule has 1 amide bonds. The summed E-state index contributed by atoms with van der Waals surface area (Å²) in [4.78, 5) is 16.7. The number of nitrogens with two attached hydrogens (primary N) is 1. The predicted octanol–water partition coefficient (Wildman–Crippen LogP) is 2.32. The van der Waals surface area contributed by atoms with Crippen LogP contribution in [0.1, 0.15) is 39.3 Å². The first-order valence-electron chi connectivity index (χ1n) is 13.0. The normalized spacial score (nSPS) is 15.5. The topological polar surface area (TPSA) is 58.8 Å². The van der Waals surface area contributed by atoms with Crippen LogP contribution < -0.4 is 62.6 Å². The fraction of sp³-hybridized carbons (Fsp3) is 0.345. The van der Waals surface area contributed by atoms with Gasteiger partial charge in [-0.15, -0.1) is 5.46 Å². The smallest absolute Gasteiger partial charge is 0.448 e. The molecule has 2 aliphatic rings. The molecule has 1 aliphatic heterocycles. The number of carbonyl (C=O) groups excluding carboxylic acids is 1. The van der Waals surface area contributed by atoms with Crippen LogP contribution >= 0.6 is 0 Å². The van der Waals surface area contributed by atoms with E-state index in [9.17, 15) is 17.7 Å². The van der Waals surface area contributed by atoms with Gasteiger partial charge in [-0.25, -0.2) is 4.79 Å². The van der Waals surface area contributed by atoms with Crippen LogP contribution in [0.5, 0.6) is 0 Å². The van der Waals surface area contributed by atoms with Crippen molar-refractivity contribution < 1.29 is 73.9 Å². The first-order chi connectivity index (χ1) is 18.1. The zero-order valence-electron chi connectivity index (χ0n) is 22.9. The molecule has 5 rings (SSSR count). The van der Waals surface area contributed by atoms with Crippen molar-refractivity contribution >= 4 is 24.2 Å². The molecule has 0 spiro atoms. The van der Waals surface area contributed by atoms with Gasteiger partial charge >= 0.3 is 64.5 Å². The van der Waals surface area contributed by atoms with Crippen molar-refractivity contribution in [2.24, 2.45) is 0 Å². The van der Waals surface area contributed by atoms with E-state index in [2.05, 4.69) is 29.2 Å². The molecule has 1 fully saturated rings. The summed E-state index contributed by atoms with van der Waals surface area (Å²) in [6, 6.07) is 16.4. The Morgan fingerprint density at radius 1 is 0.897 bits per heavy atom. The maximum atomic E-state index is 13.8. The molecule has 1 saturated heterocycles. The maximum Gasteiger partial charge on any atom is 1.00 e. The minimum Gasteiger partial charge on any atom is -0.448 e. The molecule has 0 saturated carbocycles. The zero-order valence-corrected chi connectivity index (χ0v) is 26.1. The minimum absolute atomic E-state index is 0. The van der Waals surface area contributed by atoms with E-state index in [1.807, 2.05) is 24.3 Å². The van der Waals surface area contributed by atoms with Crippen molar-refractivity contribution in [2.75, 3.05) is 38.5 Å². The first kappa shape index (κ1) is 30.1. The molecule has 200 valence electrons. The third kappa shape index (κ3) is 5.83. The number of carbonyl (C=O) groups is 1. The van der Waals surface area contributed by atoms with Crippen LogP contribution in [0.4, 0.5) is 23.4 Å². The molecule has 1 heterocycles. The Labute approximate surface area is 270 Å². The second-order valence-electron chi connectivity index (χ2n) is 10.3. The van der Waals surface area contributed by atoms with Crippen LogP contribution in [0.25, 0.3) is 11.1 Å². The monoisotopic (exact) mass is 561 g/mol. The average Bonchev–Trinajstić information content (AvgIpc) is 3.22. The number of nitrogen functional groups attached to an aromatic ring is 1. The predicted molar refractivity (Wildman–Crippen MR) is 146 cm³/mol. The van der Waals surface area contributed by atoms with Gasteiger partial charge in [0.25, 0.3) is 0 Å². The number of hydrogen-bond acceptors (Lipinski definition) is 4. The Morgan fingerprint density at radius 3 is 1.97 bits per heavy atom. The Morgan fingerprint density at radius 2 is 1.44 bits per heavy atom. The molecule has 0 bridgehead atoms. The van der Waals surface area contributed by atoms with Crippen molar-refractivity contribution in [3.63, 3.8) is 0 Å². The summed E-state index contributed by atoms with van der Waals surface area (Å²) in [7, 11) is 0. The van der Waals surface area contributed by atoms with Gasteiger partial charge in [0.15, 0.2) is 0 Å². The molecule has 0 radical (unpaired) electrons. The summed E-state index contributed by atoms with van der Waals surface area (Å²) >= 11 is 0. The molecule has 10 heteroatoms. The number of rotatable bonds is 5. The summed E-state index contributed by atoms with van der Waals surface area (Å²) in [5, 5.41) is 0. The van der Waals surface area contributed by atoms with E-state index in [0.29, 0.717) is 43.9 Å². The largest absolute Gasteiger partial charge is 1.00 e. The maximum absolute atomic E-state index is 13.8. The van der Waals surface area contributed by atoms with Crippen LogP contribution in [0.15, 0.2) is 48.5 Å². The van der Waals surface area contributed by atoms with Crippen molar-refractivity contribution in [3.05, 3.63) is 81.9 Å². The molecule has 39 heavy (non-hydrogen) atoms. The van der Waals surface area contributed by atoms with Gasteiger partial charge in [0.05, 0.1) is 0 Å². The molecule has 3 aromatic rings. The first-order valence-corrected chi connectivity index (χ1v) is 13.0. The fourth-order valence-corrected chi connectivity index (χ4v) is 6.04. The van der Waals surface area contributed by atoms with Gasteiger partial charge < -0.3 is 28.3 Å². The van der Waals surface area contributed by atoms with Crippen molar-refractivity contribution in [2.45, 2.75) is 33.2 Å². The molecule has 1 aliphatic carbocycles. The Hall–Kier alpha value is -1.82. The van der Waals surface area contributed by atoms with Crippen LogP contribution in [-0.2, 0) is 11.3 Å². The molecule has 0 atom stereocenters. The standard InChI is InChI=1S/C29H32BF3N3O2.K/c1-18-25(19(2)28(34)20(3)27(18)30(31,32)33)16-35-12-14-36(15-13-35)29(37)38-17-26-23-10-6-4-8-21(23)22-9-5-7-11-24(22)26;/h4-11,26H,12-17,34H2,1-3H3;/q-1;+1. The van der Waals surface area contributed by atoms with Gasteiger partial charge in [-0.1, -0.05) is 59.7 Å². The van der Waals surface area contributed by atoms with Gasteiger partial charge in [-0.05, 0) is 54.2 Å². The van der Waals surface area contributed by atoms with Gasteiger partial charge in [0.1, 0.15) is 6.61 Å². The van der Waals surface area contributed by atoms with Gasteiger partial charge in [-0.3, -0.25) is 4.90 Å². The van der Waals surface area contributed by atoms with Crippen LogP contribution in [0.3, 0.4) is 0 Å². The number of nitrogens with zero attached hydrogens (tertiary/aromatic N) is 2. The second-order valence-corrected chi connectivity index (χ2v) is 10.3. The van der Waals surface area contributed by atoms with E-state index in [-0.39, 0.29) is 86.8 Å². The van der Waals surface area contributed by atoms with Gasteiger partial charge in [0.2, 0.25) is 0 Å². The molecule has 0 aromatic heterocycles. The minimum atomic E-state index is -5.17. The number of halogens is 3. The van der Waals surface area contributed by atoms with E-state index in [4.69, 9.17) is 10.5 Å². The van der Waals surface area contributed by atoms with E-state index >= 15 is 0 Å². The second kappa shape index (κ2) is 12.0. The fourth-order valence-electron chi connectivity index (χ4n) is 6.04. The number of benzene rings is 3. The molecule has 0 unspecified atom stereocenters. The Balaban J connectivity index is 0.00000353. The van der Waals surface area contributed by atoms with E-state index in [1.165, 1.54) is 25.0 Å². The third-order valence-electron chi connectivity index (χ3n) is 8.20. The summed E-state index contributed by atoms with van der Waals surface area (Å²) < 4.78 is 47.2. The number of amides is 1. The van der Waals surface area contributed by atoms with Crippen LogP contribution in [-0.4, -0.2) is 55.7 Å². The number of ether oxygens (including phenoxy) is 1. The van der Waals surface area contributed by atoms with Gasteiger partial charge in [0, 0.05) is 44.3 Å². The number of fused-ring (bicyclic) bond motifs is 3. The van der Waals surface area contributed by atoms with Crippen molar-refractivity contribution in [1.29, 1.82) is 0 Å². The van der Waals surface area contributed by atoms with Crippen LogP contribution in [0.2, 0.25) is 0 Å². The van der Waals surface area contributed by atoms with Crippen LogP contribution in [0, 0.1) is 20.8 Å². The number of hydrogen-bond donors (Lipinski definition) is 1. The third-order valence-corrected chi connectivity index (χ3v) is 8.20. The van der Waals surface area contributed by atoms with E-state index in [0.717, 1.165) is 11.1 Å². The summed E-state index contributed by atoms with van der Waals surface area (Å²) in [5.41, 5.74) is 12.1. The zero-order chi connectivity index (χ0) is 27.2. The molecule has 5 nitrogen and oxygen atoms in total. The molecular weight excluding hydrogens is 529 g/mol. The summed E-state index contributed by atoms with van der Waals surface area (Å²) in [6.45, 7) is 2.20. The molecular formula is C29H32BF3KN3O2. The quantitative estimate of drug-likeness (QED) is 0.384. The van der Waals surface area contributed by atoms with Crippen molar-refractivity contribution in [1.82, 2.24) is 9.80 Å². The van der Waals surface area contributed by atoms with Gasteiger partial charge in [-0.2, -0.15) is 0 Å². The van der Waals surface area contributed by atoms with E-state index < -0.39 is 12.4 Å². The molecule has 2 N–H and O–H groups in total. The number of piperazine rings is 1.